The fraction of sp³-hybridized carbons (Fsp3) is 0.562. The Kier molecular flexibility index (Phi) is 3.42. The van der Waals surface area contributed by atoms with E-state index in [0.717, 1.165) is 44.6 Å². The molecule has 1 heterocycles. The Morgan fingerprint density at radius 2 is 2.20 bits per heavy atom. The predicted octanol–water partition coefficient (Wildman–Crippen LogP) is 2.38. The lowest BCUT2D eigenvalue weighted by Gasteiger charge is -2.32. The number of ether oxygens (including phenoxy) is 1. The van der Waals surface area contributed by atoms with Gasteiger partial charge in [0.1, 0.15) is 5.75 Å². The van der Waals surface area contributed by atoms with Crippen molar-refractivity contribution in [3.8, 4) is 5.75 Å². The van der Waals surface area contributed by atoms with Gasteiger partial charge in [-0.1, -0.05) is 12.1 Å². The zero-order chi connectivity index (χ0) is 14.2. The Labute approximate surface area is 119 Å². The number of nitrogens with zero attached hydrogens (tertiary/aromatic N) is 1. The Morgan fingerprint density at radius 3 is 2.80 bits per heavy atom. The fourth-order valence-electron chi connectivity index (χ4n) is 3.43. The smallest absolute Gasteiger partial charge is 0.307 e. The van der Waals surface area contributed by atoms with E-state index in [9.17, 15) is 4.79 Å². The molecule has 1 aliphatic heterocycles. The monoisotopic (exact) mass is 275 g/mol. The highest BCUT2D eigenvalue weighted by Crippen LogP contribution is 2.59. The average Bonchev–Trinajstić information content (AvgIpc) is 3.16. The molecule has 20 heavy (non-hydrogen) atoms. The van der Waals surface area contributed by atoms with Gasteiger partial charge in [-0.2, -0.15) is 0 Å². The number of benzene rings is 1. The van der Waals surface area contributed by atoms with Crippen LogP contribution in [0.1, 0.15) is 24.8 Å². The molecular formula is C16H21NO3. The van der Waals surface area contributed by atoms with Crippen molar-refractivity contribution in [3.63, 3.8) is 0 Å². The lowest BCUT2D eigenvalue weighted by Crippen LogP contribution is -2.35. The van der Waals surface area contributed by atoms with Crippen LogP contribution in [0, 0.1) is 11.3 Å². The second-order valence-corrected chi connectivity index (χ2v) is 6.08. The molecule has 1 saturated heterocycles. The van der Waals surface area contributed by atoms with Crippen molar-refractivity contribution >= 4 is 5.97 Å². The van der Waals surface area contributed by atoms with E-state index in [-0.39, 0.29) is 11.3 Å². The SMILES string of the molecule is COc1cccc(CN2CCC3(CC2)CC3C(=O)O)c1. The molecule has 0 radical (unpaired) electrons. The molecule has 4 nitrogen and oxygen atoms in total. The first-order valence-corrected chi connectivity index (χ1v) is 7.21. The molecule has 2 fully saturated rings. The van der Waals surface area contributed by atoms with Crippen LogP contribution >= 0.6 is 0 Å². The van der Waals surface area contributed by atoms with Gasteiger partial charge in [-0.15, -0.1) is 0 Å². The summed E-state index contributed by atoms with van der Waals surface area (Å²) in [6, 6.07) is 8.16. The van der Waals surface area contributed by atoms with Gasteiger partial charge < -0.3 is 9.84 Å². The zero-order valence-corrected chi connectivity index (χ0v) is 11.8. The van der Waals surface area contributed by atoms with E-state index in [1.165, 1.54) is 5.56 Å². The van der Waals surface area contributed by atoms with E-state index in [2.05, 4.69) is 17.0 Å². The van der Waals surface area contributed by atoms with Gasteiger partial charge in [0.25, 0.3) is 0 Å². The van der Waals surface area contributed by atoms with Crippen LogP contribution in [0.5, 0.6) is 5.75 Å². The standard InChI is InChI=1S/C16H21NO3/c1-20-13-4-2-3-12(9-13)11-17-7-5-16(6-8-17)10-14(16)15(18)19/h2-4,9,14H,5-8,10-11H2,1H3,(H,18,19). The van der Waals surface area contributed by atoms with Gasteiger partial charge in [0.2, 0.25) is 0 Å². The highest BCUT2D eigenvalue weighted by Gasteiger charge is 2.58. The summed E-state index contributed by atoms with van der Waals surface area (Å²) in [6.07, 6.45) is 2.93. The minimum Gasteiger partial charge on any atom is -0.497 e. The Bertz CT molecular complexity index is 506. The van der Waals surface area contributed by atoms with Crippen molar-refractivity contribution in [2.24, 2.45) is 11.3 Å². The van der Waals surface area contributed by atoms with Crippen LogP contribution in [-0.4, -0.2) is 36.2 Å². The van der Waals surface area contributed by atoms with Crippen LogP contribution < -0.4 is 4.74 Å². The molecule has 1 saturated carbocycles. The van der Waals surface area contributed by atoms with Crippen LogP contribution in [0.2, 0.25) is 0 Å². The first kappa shape index (κ1) is 13.4. The predicted molar refractivity (Wildman–Crippen MR) is 75.7 cm³/mol. The normalized spacial score (nSPS) is 24.6. The van der Waals surface area contributed by atoms with Crippen molar-refractivity contribution in [1.82, 2.24) is 4.90 Å². The third-order valence-corrected chi connectivity index (χ3v) is 4.88. The Morgan fingerprint density at radius 1 is 1.45 bits per heavy atom. The van der Waals surface area contributed by atoms with Crippen molar-refractivity contribution in [1.29, 1.82) is 0 Å². The number of rotatable bonds is 4. The van der Waals surface area contributed by atoms with Gasteiger partial charge in [-0.3, -0.25) is 9.69 Å². The number of aliphatic carboxylic acids is 1. The maximum atomic E-state index is 11.1. The van der Waals surface area contributed by atoms with E-state index in [1.807, 2.05) is 12.1 Å². The minimum absolute atomic E-state index is 0.0820. The molecule has 1 unspecified atom stereocenters. The molecule has 1 aromatic carbocycles. The van der Waals surface area contributed by atoms with E-state index >= 15 is 0 Å². The number of carboxylic acid groups (broad SMARTS) is 1. The lowest BCUT2D eigenvalue weighted by molar-refractivity contribution is -0.139. The third-order valence-electron chi connectivity index (χ3n) is 4.88. The van der Waals surface area contributed by atoms with Crippen molar-refractivity contribution in [2.75, 3.05) is 20.2 Å². The quantitative estimate of drug-likeness (QED) is 0.916. The Hall–Kier alpha value is -1.55. The van der Waals surface area contributed by atoms with Crippen molar-refractivity contribution < 1.29 is 14.6 Å². The van der Waals surface area contributed by atoms with Crippen LogP contribution in [0.4, 0.5) is 0 Å². The molecule has 1 spiro atoms. The van der Waals surface area contributed by atoms with E-state index in [0.29, 0.717) is 0 Å². The molecule has 0 amide bonds. The highest BCUT2D eigenvalue weighted by atomic mass is 16.5. The summed E-state index contributed by atoms with van der Waals surface area (Å²) in [7, 11) is 1.68. The molecular weight excluding hydrogens is 254 g/mol. The van der Waals surface area contributed by atoms with Gasteiger partial charge in [-0.25, -0.2) is 0 Å². The summed E-state index contributed by atoms with van der Waals surface area (Å²) in [5.41, 5.74) is 1.38. The summed E-state index contributed by atoms with van der Waals surface area (Å²) >= 11 is 0. The molecule has 1 N–H and O–H groups in total. The fourth-order valence-corrected chi connectivity index (χ4v) is 3.43. The number of piperidine rings is 1. The number of carboxylic acids is 1. The maximum absolute atomic E-state index is 11.1. The average molecular weight is 275 g/mol. The molecule has 4 heteroatoms. The van der Waals surface area contributed by atoms with E-state index in [4.69, 9.17) is 9.84 Å². The molecule has 1 atom stereocenters. The highest BCUT2D eigenvalue weighted by molar-refractivity contribution is 5.74. The topological polar surface area (TPSA) is 49.8 Å². The maximum Gasteiger partial charge on any atom is 0.307 e. The second-order valence-electron chi connectivity index (χ2n) is 6.08. The summed E-state index contributed by atoms with van der Waals surface area (Å²) in [5.74, 6) is 0.205. The van der Waals surface area contributed by atoms with E-state index in [1.54, 1.807) is 7.11 Å². The molecule has 0 bridgehead atoms. The van der Waals surface area contributed by atoms with Gasteiger partial charge in [0.15, 0.2) is 0 Å². The summed E-state index contributed by atoms with van der Waals surface area (Å²) in [6.45, 7) is 2.92. The van der Waals surface area contributed by atoms with Gasteiger partial charge in [0.05, 0.1) is 13.0 Å². The second kappa shape index (κ2) is 5.09. The molecule has 2 aliphatic rings. The number of methoxy groups -OCH3 is 1. The first-order chi connectivity index (χ1) is 9.63. The first-order valence-electron chi connectivity index (χ1n) is 7.21. The molecule has 1 aliphatic carbocycles. The van der Waals surface area contributed by atoms with E-state index < -0.39 is 5.97 Å². The summed E-state index contributed by atoms with van der Waals surface area (Å²) < 4.78 is 5.24. The van der Waals surface area contributed by atoms with Gasteiger partial charge in [0, 0.05) is 6.54 Å². The summed E-state index contributed by atoms with van der Waals surface area (Å²) in [5, 5.41) is 9.10. The largest absolute Gasteiger partial charge is 0.497 e. The molecule has 0 aromatic heterocycles. The van der Waals surface area contributed by atoms with Crippen LogP contribution in [-0.2, 0) is 11.3 Å². The number of likely N-dealkylation sites (tertiary alicyclic amines) is 1. The number of carbonyl (C=O) groups is 1. The van der Waals surface area contributed by atoms with Crippen molar-refractivity contribution in [2.45, 2.75) is 25.8 Å². The third kappa shape index (κ3) is 2.52. The van der Waals surface area contributed by atoms with Gasteiger partial charge in [-0.05, 0) is 55.5 Å². The molecule has 3 rings (SSSR count). The zero-order valence-electron chi connectivity index (χ0n) is 11.8. The molecule has 1 aromatic rings. The molecule has 108 valence electrons. The lowest BCUT2D eigenvalue weighted by atomic mass is 9.90. The number of hydrogen-bond acceptors (Lipinski definition) is 3. The number of hydrogen-bond donors (Lipinski definition) is 1. The van der Waals surface area contributed by atoms with Gasteiger partial charge >= 0.3 is 5.97 Å². The van der Waals surface area contributed by atoms with Crippen LogP contribution in [0.15, 0.2) is 24.3 Å². The minimum atomic E-state index is -0.605. The van der Waals surface area contributed by atoms with Crippen molar-refractivity contribution in [3.05, 3.63) is 29.8 Å². The van der Waals surface area contributed by atoms with Crippen LogP contribution in [0.25, 0.3) is 0 Å². The Balaban J connectivity index is 1.55. The summed E-state index contributed by atoms with van der Waals surface area (Å²) in [4.78, 5) is 13.5. The van der Waals surface area contributed by atoms with Crippen LogP contribution in [0.3, 0.4) is 0 Å².